The highest BCUT2D eigenvalue weighted by molar-refractivity contribution is 8.00. The number of amides is 4. The summed E-state index contributed by atoms with van der Waals surface area (Å²) in [5.74, 6) is -9.09. The molecule has 0 unspecified atom stereocenters. The molecule has 29 heteroatoms. The summed E-state index contributed by atoms with van der Waals surface area (Å²) in [6, 6.07) is 2.85. The number of thiazole rings is 2. The molecule has 0 bridgehead atoms. The molecular weight excluding hydrogens is 975 g/mol. The molecule has 0 saturated carbocycles. The van der Waals surface area contributed by atoms with E-state index in [0.717, 1.165) is 44.2 Å². The van der Waals surface area contributed by atoms with E-state index in [4.69, 9.17) is 15.4 Å². The molecule has 4 aliphatic rings. The summed E-state index contributed by atoms with van der Waals surface area (Å²) in [5.41, 5.74) is 0.704. The molecule has 2 saturated heterocycles. The van der Waals surface area contributed by atoms with Crippen LogP contribution in [0.4, 0.5) is 10.3 Å². The van der Waals surface area contributed by atoms with Crippen molar-refractivity contribution in [2.45, 2.75) is 68.3 Å². The third-order valence-corrected chi connectivity index (χ3v) is 14.5. The number of nitrogen functional groups attached to an aromatic ring is 1. The number of rotatable bonds is 19. The minimum atomic E-state index is -1.93. The molecule has 8 N–H and O–H groups in total. The lowest BCUT2D eigenvalue weighted by molar-refractivity contribution is -0.689. The Balaban J connectivity index is 1.05. The van der Waals surface area contributed by atoms with Gasteiger partial charge in [-0.05, 0) is 33.3 Å². The summed E-state index contributed by atoms with van der Waals surface area (Å²) in [4.78, 5) is 124. The minimum absolute atomic E-state index is 0.0490. The van der Waals surface area contributed by atoms with Crippen molar-refractivity contribution < 1.29 is 73.0 Å². The van der Waals surface area contributed by atoms with Gasteiger partial charge in [0, 0.05) is 46.5 Å². The number of anilines is 2. The molecule has 4 amide bonds. The fraction of sp³-hybridized carbons (Fsp3) is 0.359. The van der Waals surface area contributed by atoms with Crippen LogP contribution in [0, 0.1) is 0 Å². The molecule has 7 heterocycles. The van der Waals surface area contributed by atoms with Gasteiger partial charge in [0.15, 0.2) is 40.6 Å². The van der Waals surface area contributed by atoms with Gasteiger partial charge < -0.3 is 56.6 Å². The SMILES string of the molecule is CC(C)(O/N=C(\C(=O)N[C@@H]1C(=O)N2C(C(=O)[O-])=C(C[n+]3ccccc3)CS[C@H]12)c1csc(NCC2=C(C(=O)O)N3C(=O)[C@@H](NC(=O)/C(=N\OC(C)(C)C(=O)O)c4csc(N)n4)[C@H]3SC2)n1)C(=O)O. The Bertz CT molecular complexity index is 2750. The molecule has 0 radical (unpaired) electrons. The van der Waals surface area contributed by atoms with Crippen LogP contribution in [-0.4, -0.2) is 146 Å². The number of oxime groups is 2. The van der Waals surface area contributed by atoms with Gasteiger partial charge in [-0.1, -0.05) is 16.4 Å². The monoisotopic (exact) mass is 1010 g/mol. The van der Waals surface area contributed by atoms with Crippen LogP contribution in [0.25, 0.3) is 0 Å². The second-order valence-corrected chi connectivity index (χ2v) is 19.9. The lowest BCUT2D eigenvalue weighted by Gasteiger charge is -2.50. The van der Waals surface area contributed by atoms with Crippen LogP contribution >= 0.6 is 46.2 Å². The summed E-state index contributed by atoms with van der Waals surface area (Å²) < 4.78 is 1.74. The number of β-lactam (4-membered cyclic amide) rings is 2. The van der Waals surface area contributed by atoms with E-state index in [1.165, 1.54) is 50.2 Å². The van der Waals surface area contributed by atoms with Crippen LogP contribution in [0.1, 0.15) is 39.1 Å². The van der Waals surface area contributed by atoms with Crippen LogP contribution in [0.3, 0.4) is 0 Å². The molecule has 4 aliphatic heterocycles. The molecule has 0 aromatic carbocycles. The minimum Gasteiger partial charge on any atom is -0.543 e. The summed E-state index contributed by atoms with van der Waals surface area (Å²) in [7, 11) is 0. The van der Waals surface area contributed by atoms with Crippen molar-refractivity contribution in [2.24, 2.45) is 10.3 Å². The van der Waals surface area contributed by atoms with Gasteiger partial charge >= 0.3 is 17.9 Å². The number of aliphatic carboxylic acids is 4. The fourth-order valence-electron chi connectivity index (χ4n) is 6.64. The number of nitrogens with one attached hydrogen (secondary N) is 3. The van der Waals surface area contributed by atoms with E-state index in [1.54, 1.807) is 35.2 Å². The molecule has 2 fully saturated rings. The van der Waals surface area contributed by atoms with E-state index < -0.39 is 93.0 Å². The Kier molecular flexibility index (Phi) is 13.8. The second-order valence-electron chi connectivity index (χ2n) is 15.9. The van der Waals surface area contributed by atoms with E-state index in [9.17, 15) is 58.8 Å². The first-order valence-corrected chi connectivity index (χ1v) is 23.7. The van der Waals surface area contributed by atoms with Gasteiger partial charge in [0.2, 0.25) is 11.2 Å². The zero-order chi connectivity index (χ0) is 49.4. The Hall–Kier alpha value is -7.11. The van der Waals surface area contributed by atoms with Crippen molar-refractivity contribution in [1.29, 1.82) is 0 Å². The summed E-state index contributed by atoms with van der Waals surface area (Å²) in [5, 5.41) is 58.4. The number of carboxylic acids is 4. The second kappa shape index (κ2) is 19.2. The van der Waals surface area contributed by atoms with Gasteiger partial charge in [-0.25, -0.2) is 28.9 Å². The van der Waals surface area contributed by atoms with Crippen LogP contribution in [0.5, 0.6) is 0 Å². The summed E-state index contributed by atoms with van der Waals surface area (Å²) in [6.07, 6.45) is 3.47. The lowest BCUT2D eigenvalue weighted by Crippen LogP contribution is -2.71. The Labute approximate surface area is 400 Å². The largest absolute Gasteiger partial charge is 0.543 e. The van der Waals surface area contributed by atoms with Crippen molar-refractivity contribution in [3.63, 3.8) is 0 Å². The highest BCUT2D eigenvalue weighted by atomic mass is 32.2. The van der Waals surface area contributed by atoms with Gasteiger partial charge in [-0.15, -0.1) is 46.2 Å². The number of fused-ring (bicyclic) bond motifs is 2. The number of carbonyl (C=O) groups is 8. The number of pyridine rings is 1. The number of carboxylic acid groups (broad SMARTS) is 4. The number of hydrogen-bond donors (Lipinski definition) is 7. The van der Waals surface area contributed by atoms with Crippen molar-refractivity contribution in [3.8, 4) is 0 Å². The molecule has 3 aromatic rings. The number of nitrogens with two attached hydrogens (primary N) is 1. The molecule has 25 nitrogen and oxygen atoms in total. The van der Waals surface area contributed by atoms with Gasteiger partial charge in [-0.2, -0.15) is 0 Å². The first-order chi connectivity index (χ1) is 32.1. The topological polar surface area (TPSA) is 362 Å². The molecule has 7 rings (SSSR count). The van der Waals surface area contributed by atoms with E-state index in [2.05, 4.69) is 36.2 Å². The highest BCUT2D eigenvalue weighted by Crippen LogP contribution is 2.42. The predicted octanol–water partition coefficient (Wildman–Crippen LogP) is -1.41. The first-order valence-electron chi connectivity index (χ1n) is 19.8. The van der Waals surface area contributed by atoms with Crippen molar-refractivity contribution in [1.82, 2.24) is 30.4 Å². The Morgan fingerprint density at radius 1 is 0.794 bits per heavy atom. The van der Waals surface area contributed by atoms with Gasteiger partial charge in [0.1, 0.15) is 39.9 Å². The molecular formula is C39H39N11O14S4. The van der Waals surface area contributed by atoms with E-state index in [1.807, 2.05) is 0 Å². The van der Waals surface area contributed by atoms with Crippen molar-refractivity contribution >= 4 is 115 Å². The number of hydrogen-bond acceptors (Lipinski definition) is 21. The van der Waals surface area contributed by atoms with Gasteiger partial charge in [0.25, 0.3) is 23.6 Å². The molecule has 68 heavy (non-hydrogen) atoms. The quantitative estimate of drug-likeness (QED) is 0.0314. The normalized spacial score (nSPS) is 20.6. The van der Waals surface area contributed by atoms with Crippen molar-refractivity contribution in [3.05, 3.63) is 75.3 Å². The lowest BCUT2D eigenvalue weighted by atomic mass is 10.0. The molecule has 0 aliphatic carbocycles. The third kappa shape index (κ3) is 9.80. The maximum Gasteiger partial charge on any atom is 0.352 e. The Morgan fingerprint density at radius 2 is 1.29 bits per heavy atom. The maximum absolute atomic E-state index is 13.9. The fourth-order valence-corrected chi connectivity index (χ4v) is 10.6. The van der Waals surface area contributed by atoms with Crippen LogP contribution in [0.2, 0.25) is 0 Å². The predicted molar refractivity (Wildman–Crippen MR) is 239 cm³/mol. The molecule has 3 aromatic heterocycles. The third-order valence-electron chi connectivity index (χ3n) is 10.4. The zero-order valence-electron chi connectivity index (χ0n) is 35.9. The molecule has 358 valence electrons. The number of thioether (sulfide) groups is 2. The smallest absolute Gasteiger partial charge is 0.352 e. The highest BCUT2D eigenvalue weighted by Gasteiger charge is 2.55. The van der Waals surface area contributed by atoms with Crippen LogP contribution < -0.4 is 31.4 Å². The average Bonchev–Trinajstić information content (AvgIpc) is 3.95. The van der Waals surface area contributed by atoms with Crippen molar-refractivity contribution in [2.75, 3.05) is 29.1 Å². The van der Waals surface area contributed by atoms with E-state index >= 15 is 0 Å². The summed E-state index contributed by atoms with van der Waals surface area (Å²) >= 11 is 4.25. The maximum atomic E-state index is 13.9. The average molecular weight is 1010 g/mol. The standard InChI is InChI=1S/C39H39N11O14S4/c1-38(2,34(59)60)63-46-20(18-14-67-36(40)42-18)26(51)44-22-28(53)49-24(32(55)56)16(12-65-30(22)49)10-41-37-43-19(15-68-37)21(47-64-39(3,4)35(61)62)27(52)45-23-29(54)50-25(33(57)58)17(13-66-31(23)50)11-48-8-6-5-7-9-48/h5-9,14-15,22-23,30-31H,10-13H2,1-4H3,(H8-,40,41,42,43,44,45,51,52,55,56,57,58,59,60,61,62)/b46-20-,47-21-/t22-,23-,30-,31-/m1/s1. The molecule has 4 atom stereocenters. The Morgan fingerprint density at radius 3 is 1.78 bits per heavy atom. The number of aromatic nitrogens is 3. The molecule has 0 spiro atoms. The van der Waals surface area contributed by atoms with Gasteiger partial charge in [-0.3, -0.25) is 29.0 Å². The number of carbonyl (C=O) groups excluding carboxylic acids is 5. The number of nitrogens with zero attached hydrogens (tertiary/aromatic N) is 7. The van der Waals surface area contributed by atoms with Crippen LogP contribution in [-0.2, 0) is 54.6 Å². The first kappa shape index (κ1) is 48.8. The summed E-state index contributed by atoms with van der Waals surface area (Å²) in [6.45, 7) is 4.74. The van der Waals surface area contributed by atoms with E-state index in [0.29, 0.717) is 5.57 Å². The van der Waals surface area contributed by atoms with Gasteiger partial charge in [0.05, 0.1) is 11.7 Å². The van der Waals surface area contributed by atoms with E-state index in [-0.39, 0.29) is 63.2 Å². The van der Waals surface area contributed by atoms with Crippen LogP contribution in [0.15, 0.2) is 74.2 Å². The zero-order valence-corrected chi connectivity index (χ0v) is 39.1.